The summed E-state index contributed by atoms with van der Waals surface area (Å²) < 4.78 is 5.42. The molecule has 2 rings (SSSR count). The Kier molecular flexibility index (Phi) is 3.46. The largest absolute Gasteiger partial charge is 0.494 e. The highest BCUT2D eigenvalue weighted by Gasteiger charge is 2.51. The number of carboxylic acids is 1. The third kappa shape index (κ3) is 2.70. The Balaban J connectivity index is 2.15. The van der Waals surface area contributed by atoms with E-state index >= 15 is 0 Å². The highest BCUT2D eigenvalue weighted by molar-refractivity contribution is 5.99. The van der Waals surface area contributed by atoms with Gasteiger partial charge in [0.05, 0.1) is 6.61 Å². The van der Waals surface area contributed by atoms with Crippen LogP contribution in [0.3, 0.4) is 0 Å². The lowest BCUT2D eigenvalue weighted by Crippen LogP contribution is -2.43. The standard InChI is InChI=1S/C14H17NO4/c1-3-19-11-8-10(5-4-9(11)2)12(16)15-14(6-7-14)13(17)18/h4-5,8H,3,6-7H2,1-2H3,(H,15,16)(H,17,18). The SMILES string of the molecule is CCOc1cc(C(=O)NC2(C(=O)O)CC2)ccc1C. The van der Waals surface area contributed by atoms with Gasteiger partial charge in [0.2, 0.25) is 0 Å². The molecule has 0 radical (unpaired) electrons. The van der Waals surface area contributed by atoms with Gasteiger partial charge in [-0.2, -0.15) is 0 Å². The monoisotopic (exact) mass is 263 g/mol. The summed E-state index contributed by atoms with van der Waals surface area (Å²) in [7, 11) is 0. The fraction of sp³-hybridized carbons (Fsp3) is 0.429. The predicted molar refractivity (Wildman–Crippen MR) is 69.4 cm³/mol. The van der Waals surface area contributed by atoms with Crippen molar-refractivity contribution in [2.45, 2.75) is 32.2 Å². The summed E-state index contributed by atoms with van der Waals surface area (Å²) in [5, 5.41) is 11.6. The molecular formula is C14H17NO4. The molecule has 1 fully saturated rings. The molecule has 1 amide bonds. The molecule has 102 valence electrons. The van der Waals surface area contributed by atoms with Crippen LogP contribution in [0, 0.1) is 6.92 Å². The first-order chi connectivity index (χ1) is 8.98. The number of carbonyl (C=O) groups excluding carboxylic acids is 1. The van der Waals surface area contributed by atoms with Crippen LogP contribution in [0.25, 0.3) is 0 Å². The number of ether oxygens (including phenoxy) is 1. The molecule has 0 aliphatic heterocycles. The van der Waals surface area contributed by atoms with Crippen LogP contribution in [0.15, 0.2) is 18.2 Å². The molecular weight excluding hydrogens is 246 g/mol. The maximum absolute atomic E-state index is 12.0. The quantitative estimate of drug-likeness (QED) is 0.848. The van der Waals surface area contributed by atoms with Crippen LogP contribution in [0.1, 0.15) is 35.7 Å². The van der Waals surface area contributed by atoms with Crippen molar-refractivity contribution in [1.29, 1.82) is 0 Å². The van der Waals surface area contributed by atoms with E-state index in [1.54, 1.807) is 18.2 Å². The number of rotatable bonds is 5. The first kappa shape index (κ1) is 13.4. The van der Waals surface area contributed by atoms with Crippen LogP contribution in [0.5, 0.6) is 5.75 Å². The lowest BCUT2D eigenvalue weighted by molar-refractivity contribution is -0.140. The molecule has 0 bridgehead atoms. The number of aliphatic carboxylic acids is 1. The molecule has 0 heterocycles. The van der Waals surface area contributed by atoms with Crippen LogP contribution < -0.4 is 10.1 Å². The van der Waals surface area contributed by atoms with E-state index in [-0.39, 0.29) is 5.91 Å². The molecule has 1 aliphatic carbocycles. The lowest BCUT2D eigenvalue weighted by Gasteiger charge is -2.14. The van der Waals surface area contributed by atoms with Crippen molar-refractivity contribution >= 4 is 11.9 Å². The van der Waals surface area contributed by atoms with E-state index < -0.39 is 11.5 Å². The van der Waals surface area contributed by atoms with Crippen LogP contribution in [-0.2, 0) is 4.79 Å². The van der Waals surface area contributed by atoms with Gasteiger partial charge in [-0.1, -0.05) is 6.07 Å². The molecule has 0 unspecified atom stereocenters. The second kappa shape index (κ2) is 4.91. The number of benzene rings is 1. The zero-order chi connectivity index (χ0) is 14.0. The van der Waals surface area contributed by atoms with E-state index in [0.717, 1.165) is 5.56 Å². The summed E-state index contributed by atoms with van der Waals surface area (Å²) in [6.45, 7) is 4.28. The molecule has 0 aromatic heterocycles. The molecule has 1 aromatic carbocycles. The summed E-state index contributed by atoms with van der Waals surface area (Å²) >= 11 is 0. The summed E-state index contributed by atoms with van der Waals surface area (Å²) in [4.78, 5) is 23.1. The highest BCUT2D eigenvalue weighted by Crippen LogP contribution is 2.36. The number of carboxylic acid groups (broad SMARTS) is 1. The molecule has 1 aromatic rings. The third-order valence-corrected chi connectivity index (χ3v) is 3.26. The smallest absolute Gasteiger partial charge is 0.329 e. The summed E-state index contributed by atoms with van der Waals surface area (Å²) in [5.74, 6) is -0.700. The van der Waals surface area contributed by atoms with Gasteiger partial charge in [-0.05, 0) is 44.4 Å². The van der Waals surface area contributed by atoms with Crippen molar-refractivity contribution in [2.75, 3.05) is 6.61 Å². The van der Waals surface area contributed by atoms with Crippen LogP contribution in [0.4, 0.5) is 0 Å². The molecule has 2 N–H and O–H groups in total. The van der Waals surface area contributed by atoms with Crippen molar-refractivity contribution in [1.82, 2.24) is 5.32 Å². The van der Waals surface area contributed by atoms with Crippen LogP contribution in [0.2, 0.25) is 0 Å². The summed E-state index contributed by atoms with van der Waals surface area (Å²) in [6, 6.07) is 5.11. The van der Waals surface area contributed by atoms with Crippen molar-refractivity contribution in [2.24, 2.45) is 0 Å². The van der Waals surface area contributed by atoms with E-state index in [1.807, 2.05) is 13.8 Å². The average Bonchev–Trinajstić information content (AvgIpc) is 3.13. The second-order valence-electron chi connectivity index (χ2n) is 4.75. The molecule has 0 saturated heterocycles. The minimum absolute atomic E-state index is 0.374. The molecule has 0 atom stereocenters. The minimum Gasteiger partial charge on any atom is -0.494 e. The summed E-state index contributed by atoms with van der Waals surface area (Å²) in [5.41, 5.74) is 0.299. The van der Waals surface area contributed by atoms with Gasteiger partial charge in [0.25, 0.3) is 5.91 Å². The number of amides is 1. The fourth-order valence-electron chi connectivity index (χ4n) is 1.86. The predicted octanol–water partition coefficient (Wildman–Crippen LogP) is 1.74. The highest BCUT2D eigenvalue weighted by atomic mass is 16.5. The lowest BCUT2D eigenvalue weighted by atomic mass is 10.1. The Morgan fingerprint density at radius 1 is 1.42 bits per heavy atom. The van der Waals surface area contributed by atoms with Gasteiger partial charge in [0, 0.05) is 5.56 Å². The Morgan fingerprint density at radius 3 is 2.63 bits per heavy atom. The van der Waals surface area contributed by atoms with E-state index in [0.29, 0.717) is 30.8 Å². The van der Waals surface area contributed by atoms with Crippen molar-refractivity contribution < 1.29 is 19.4 Å². The molecule has 1 saturated carbocycles. The maximum Gasteiger partial charge on any atom is 0.329 e. The fourth-order valence-corrected chi connectivity index (χ4v) is 1.86. The molecule has 5 heteroatoms. The number of hydrogen-bond acceptors (Lipinski definition) is 3. The molecule has 5 nitrogen and oxygen atoms in total. The van der Waals surface area contributed by atoms with Crippen molar-refractivity contribution in [3.63, 3.8) is 0 Å². The number of nitrogens with one attached hydrogen (secondary N) is 1. The maximum atomic E-state index is 12.0. The van der Waals surface area contributed by atoms with Gasteiger partial charge < -0.3 is 15.2 Å². The Labute approximate surface area is 111 Å². The zero-order valence-corrected chi connectivity index (χ0v) is 11.0. The van der Waals surface area contributed by atoms with Gasteiger partial charge >= 0.3 is 5.97 Å². The Bertz CT molecular complexity index is 520. The van der Waals surface area contributed by atoms with E-state index in [2.05, 4.69) is 5.32 Å². The first-order valence-electron chi connectivity index (χ1n) is 6.28. The number of carbonyl (C=O) groups is 2. The number of hydrogen-bond donors (Lipinski definition) is 2. The van der Waals surface area contributed by atoms with E-state index in [4.69, 9.17) is 9.84 Å². The molecule has 1 aliphatic rings. The second-order valence-corrected chi connectivity index (χ2v) is 4.75. The average molecular weight is 263 g/mol. The van der Waals surface area contributed by atoms with Crippen molar-refractivity contribution in [3.8, 4) is 5.75 Å². The topological polar surface area (TPSA) is 75.6 Å². The Morgan fingerprint density at radius 2 is 2.11 bits per heavy atom. The van der Waals surface area contributed by atoms with Gasteiger partial charge in [0.1, 0.15) is 11.3 Å². The van der Waals surface area contributed by atoms with E-state index in [1.165, 1.54) is 0 Å². The van der Waals surface area contributed by atoms with Gasteiger partial charge in [-0.3, -0.25) is 4.79 Å². The van der Waals surface area contributed by atoms with Gasteiger partial charge in [-0.25, -0.2) is 4.79 Å². The van der Waals surface area contributed by atoms with Gasteiger partial charge in [-0.15, -0.1) is 0 Å². The normalized spacial score (nSPS) is 15.7. The first-order valence-corrected chi connectivity index (χ1v) is 6.28. The summed E-state index contributed by atoms with van der Waals surface area (Å²) in [6.07, 6.45) is 0.969. The molecule has 0 spiro atoms. The third-order valence-electron chi connectivity index (χ3n) is 3.26. The van der Waals surface area contributed by atoms with E-state index in [9.17, 15) is 9.59 Å². The van der Waals surface area contributed by atoms with Crippen LogP contribution >= 0.6 is 0 Å². The van der Waals surface area contributed by atoms with Crippen molar-refractivity contribution in [3.05, 3.63) is 29.3 Å². The minimum atomic E-state index is -1.06. The molecule has 19 heavy (non-hydrogen) atoms. The Hall–Kier alpha value is -2.04. The zero-order valence-electron chi connectivity index (χ0n) is 11.0. The number of aryl methyl sites for hydroxylation is 1. The van der Waals surface area contributed by atoms with Gasteiger partial charge in [0.15, 0.2) is 0 Å². The van der Waals surface area contributed by atoms with Crippen LogP contribution in [-0.4, -0.2) is 29.1 Å².